The van der Waals surface area contributed by atoms with E-state index in [1.165, 1.54) is 0 Å². The van der Waals surface area contributed by atoms with Crippen LogP contribution in [-0.2, 0) is 9.47 Å². The lowest BCUT2D eigenvalue weighted by atomic mass is 10.4. The summed E-state index contributed by atoms with van der Waals surface area (Å²) in [5.41, 5.74) is 0.132. The molecule has 0 spiro atoms. The molecule has 0 saturated carbocycles. The van der Waals surface area contributed by atoms with Crippen LogP contribution in [0.15, 0.2) is 12.0 Å². The van der Waals surface area contributed by atoms with Crippen molar-refractivity contribution in [2.24, 2.45) is 0 Å². The first-order chi connectivity index (χ1) is 4.64. The molecule has 0 aromatic heterocycles. The zero-order chi connectivity index (χ0) is 7.61. The van der Waals surface area contributed by atoms with Crippen molar-refractivity contribution in [2.45, 2.75) is 25.1 Å². The van der Waals surface area contributed by atoms with Crippen molar-refractivity contribution < 1.29 is 9.47 Å². The van der Waals surface area contributed by atoms with Crippen LogP contribution in [-0.4, -0.2) is 17.8 Å². The van der Waals surface area contributed by atoms with Crippen molar-refractivity contribution >= 4 is 11.8 Å². The largest absolute Gasteiger partial charge is 0.347 e. The van der Waals surface area contributed by atoms with Crippen LogP contribution in [0.2, 0.25) is 0 Å². The normalized spacial score (nSPS) is 30.4. The van der Waals surface area contributed by atoms with E-state index < -0.39 is 5.79 Å². The fourth-order valence-electron chi connectivity index (χ4n) is 0.828. The van der Waals surface area contributed by atoms with Gasteiger partial charge in [-0.25, -0.2) is 0 Å². The summed E-state index contributed by atoms with van der Waals surface area (Å²) in [7, 11) is 0. The molecule has 0 radical (unpaired) electrons. The van der Waals surface area contributed by atoms with Gasteiger partial charge in [0.1, 0.15) is 5.44 Å². The van der Waals surface area contributed by atoms with Crippen LogP contribution in [0, 0.1) is 0 Å². The van der Waals surface area contributed by atoms with Gasteiger partial charge in [-0.15, -0.1) is 11.8 Å². The second-order valence-electron chi connectivity index (χ2n) is 2.56. The Bertz CT molecular complexity index is 134. The van der Waals surface area contributed by atoms with Gasteiger partial charge in [0.05, 0.1) is 6.61 Å². The van der Waals surface area contributed by atoms with Crippen LogP contribution >= 0.6 is 11.8 Å². The molecule has 3 heteroatoms. The first kappa shape index (κ1) is 8.11. The van der Waals surface area contributed by atoms with E-state index in [-0.39, 0.29) is 5.44 Å². The van der Waals surface area contributed by atoms with Gasteiger partial charge in [-0.05, 0) is 19.3 Å². The zero-order valence-electron chi connectivity index (χ0n) is 6.29. The van der Waals surface area contributed by atoms with Gasteiger partial charge >= 0.3 is 0 Å². The fourth-order valence-corrected chi connectivity index (χ4v) is 1.48. The summed E-state index contributed by atoms with van der Waals surface area (Å²) in [6.45, 7) is 8.08. The lowest BCUT2D eigenvalue weighted by Crippen LogP contribution is -2.20. The molecule has 1 saturated heterocycles. The molecule has 1 heterocycles. The van der Waals surface area contributed by atoms with Crippen LogP contribution in [0.25, 0.3) is 0 Å². The van der Waals surface area contributed by atoms with Gasteiger partial charge in [-0.1, -0.05) is 6.58 Å². The molecule has 0 N–H and O–H groups in total. The Morgan fingerprint density at radius 2 is 2.40 bits per heavy atom. The Kier molecular flexibility index (Phi) is 2.39. The molecule has 1 aliphatic rings. The average Bonchev–Trinajstić information content (AvgIpc) is 2.12. The van der Waals surface area contributed by atoms with Gasteiger partial charge in [0.2, 0.25) is 0 Å². The maximum atomic E-state index is 5.46. The van der Waals surface area contributed by atoms with Crippen molar-refractivity contribution in [1.29, 1.82) is 0 Å². The predicted octanol–water partition coefficient (Wildman–Crippen LogP) is 1.97. The summed E-state index contributed by atoms with van der Waals surface area (Å²) in [5.74, 6) is -0.402. The van der Waals surface area contributed by atoms with Crippen LogP contribution in [0.5, 0.6) is 0 Å². The monoisotopic (exact) mass is 160 g/mol. The highest BCUT2D eigenvalue weighted by molar-refractivity contribution is 8.02. The minimum atomic E-state index is -0.402. The van der Waals surface area contributed by atoms with Crippen molar-refractivity contribution in [1.82, 2.24) is 0 Å². The Hall–Kier alpha value is 0.01000. The van der Waals surface area contributed by atoms with E-state index in [0.717, 1.165) is 0 Å². The standard InChI is InChI=1S/C7H12O2S/c1-4-10-6-5-8-7(2,3)9-6/h4,6H,1,5H2,2-3H3/t6-/m1/s1. The van der Waals surface area contributed by atoms with Crippen LogP contribution in [0.4, 0.5) is 0 Å². The first-order valence-electron chi connectivity index (χ1n) is 3.22. The van der Waals surface area contributed by atoms with Gasteiger partial charge in [0.25, 0.3) is 0 Å². The maximum absolute atomic E-state index is 5.46. The van der Waals surface area contributed by atoms with E-state index >= 15 is 0 Å². The minimum Gasteiger partial charge on any atom is -0.347 e. The van der Waals surface area contributed by atoms with Crippen LogP contribution in [0.1, 0.15) is 13.8 Å². The second-order valence-corrected chi connectivity index (χ2v) is 3.69. The third kappa shape index (κ3) is 2.01. The number of ether oxygens (including phenoxy) is 2. The molecule has 1 atom stereocenters. The topological polar surface area (TPSA) is 18.5 Å². The predicted molar refractivity (Wildman–Crippen MR) is 42.7 cm³/mol. The van der Waals surface area contributed by atoms with Crippen molar-refractivity contribution in [3.63, 3.8) is 0 Å². The third-order valence-corrected chi connectivity index (χ3v) is 1.96. The third-order valence-electron chi connectivity index (χ3n) is 1.23. The van der Waals surface area contributed by atoms with E-state index in [2.05, 4.69) is 6.58 Å². The molecule has 1 rings (SSSR count). The smallest absolute Gasteiger partial charge is 0.164 e. The molecular weight excluding hydrogens is 148 g/mol. The van der Waals surface area contributed by atoms with Gasteiger partial charge < -0.3 is 9.47 Å². The molecule has 1 aliphatic heterocycles. The van der Waals surface area contributed by atoms with E-state index in [4.69, 9.17) is 9.47 Å². The Labute approximate surface area is 65.6 Å². The molecule has 58 valence electrons. The summed E-state index contributed by atoms with van der Waals surface area (Å²) in [6.07, 6.45) is 0. The number of rotatable bonds is 2. The molecule has 10 heavy (non-hydrogen) atoms. The molecule has 0 aromatic carbocycles. The van der Waals surface area contributed by atoms with E-state index in [0.29, 0.717) is 6.61 Å². The number of hydrogen-bond acceptors (Lipinski definition) is 3. The van der Waals surface area contributed by atoms with Crippen molar-refractivity contribution in [2.75, 3.05) is 6.61 Å². The van der Waals surface area contributed by atoms with Crippen LogP contribution < -0.4 is 0 Å². The highest BCUT2D eigenvalue weighted by Crippen LogP contribution is 2.28. The summed E-state index contributed by atoms with van der Waals surface area (Å²) < 4.78 is 10.8. The van der Waals surface area contributed by atoms with E-state index in [9.17, 15) is 0 Å². The highest BCUT2D eigenvalue weighted by atomic mass is 32.2. The molecule has 2 nitrogen and oxygen atoms in total. The Morgan fingerprint density at radius 3 is 2.80 bits per heavy atom. The van der Waals surface area contributed by atoms with E-state index in [1.807, 2.05) is 13.8 Å². The number of hydrogen-bond donors (Lipinski definition) is 0. The summed E-state index contributed by atoms with van der Waals surface area (Å²) in [5, 5.41) is 1.77. The maximum Gasteiger partial charge on any atom is 0.164 e. The highest BCUT2D eigenvalue weighted by Gasteiger charge is 2.32. The molecule has 1 fully saturated rings. The molecule has 0 amide bonds. The molecule has 0 unspecified atom stereocenters. The van der Waals surface area contributed by atoms with E-state index in [1.54, 1.807) is 17.2 Å². The Morgan fingerprint density at radius 1 is 1.70 bits per heavy atom. The Balaban J connectivity index is 2.35. The molecule has 0 bridgehead atoms. The van der Waals surface area contributed by atoms with Gasteiger partial charge in [0.15, 0.2) is 5.79 Å². The minimum absolute atomic E-state index is 0.132. The summed E-state index contributed by atoms with van der Waals surface area (Å²) in [6, 6.07) is 0. The van der Waals surface area contributed by atoms with Crippen molar-refractivity contribution in [3.05, 3.63) is 12.0 Å². The summed E-state index contributed by atoms with van der Waals surface area (Å²) in [4.78, 5) is 0. The first-order valence-corrected chi connectivity index (χ1v) is 4.16. The zero-order valence-corrected chi connectivity index (χ0v) is 7.11. The van der Waals surface area contributed by atoms with Gasteiger partial charge in [-0.3, -0.25) is 0 Å². The molecular formula is C7H12O2S. The van der Waals surface area contributed by atoms with Gasteiger partial charge in [0, 0.05) is 0 Å². The average molecular weight is 160 g/mol. The summed E-state index contributed by atoms with van der Waals surface area (Å²) >= 11 is 1.56. The molecule has 0 aromatic rings. The van der Waals surface area contributed by atoms with Crippen LogP contribution in [0.3, 0.4) is 0 Å². The quantitative estimate of drug-likeness (QED) is 0.615. The fraction of sp³-hybridized carbons (Fsp3) is 0.714. The lowest BCUT2D eigenvalue weighted by molar-refractivity contribution is -0.129. The number of thioether (sulfide) groups is 1. The molecule has 0 aliphatic carbocycles. The second kappa shape index (κ2) is 2.95. The van der Waals surface area contributed by atoms with Crippen molar-refractivity contribution in [3.8, 4) is 0 Å². The lowest BCUT2D eigenvalue weighted by Gasteiger charge is -2.15. The van der Waals surface area contributed by atoms with Gasteiger partial charge in [-0.2, -0.15) is 0 Å². The SMILES string of the molecule is C=CS[C@@H]1COC(C)(C)O1.